The van der Waals surface area contributed by atoms with Crippen molar-refractivity contribution in [2.75, 3.05) is 6.54 Å². The van der Waals surface area contributed by atoms with Gasteiger partial charge in [0.05, 0.1) is 17.7 Å². The standard InChI is InChI=1S/C14H17NO3S/c1-9(2)10-5-7-19-13(10)14(17)15-8-11(16)12-4-3-6-18-12/h3-7,9,11,16H,8H2,1-2H3,(H,15,17). The van der Waals surface area contributed by atoms with Crippen LogP contribution in [0, 0.1) is 0 Å². The zero-order valence-corrected chi connectivity index (χ0v) is 11.7. The van der Waals surface area contributed by atoms with Crippen LogP contribution in [0.5, 0.6) is 0 Å². The van der Waals surface area contributed by atoms with Gasteiger partial charge in [0.25, 0.3) is 5.91 Å². The lowest BCUT2D eigenvalue weighted by Gasteiger charge is -2.11. The van der Waals surface area contributed by atoms with Gasteiger partial charge in [0.2, 0.25) is 0 Å². The first-order valence-corrected chi connectivity index (χ1v) is 7.04. The molecule has 0 aliphatic carbocycles. The highest BCUT2D eigenvalue weighted by molar-refractivity contribution is 7.12. The Morgan fingerprint density at radius 2 is 2.26 bits per heavy atom. The Balaban J connectivity index is 1.96. The molecule has 0 saturated carbocycles. The van der Waals surface area contributed by atoms with Crippen LogP contribution in [0.1, 0.15) is 46.9 Å². The lowest BCUT2D eigenvalue weighted by Crippen LogP contribution is -2.28. The number of furan rings is 1. The van der Waals surface area contributed by atoms with Crippen molar-refractivity contribution in [2.24, 2.45) is 0 Å². The SMILES string of the molecule is CC(C)c1ccsc1C(=O)NCC(O)c1ccco1. The monoisotopic (exact) mass is 279 g/mol. The summed E-state index contributed by atoms with van der Waals surface area (Å²) in [5, 5.41) is 14.5. The number of nitrogens with one attached hydrogen (secondary N) is 1. The Labute approximate surface area is 116 Å². The van der Waals surface area contributed by atoms with E-state index in [2.05, 4.69) is 19.2 Å². The minimum absolute atomic E-state index is 0.141. The second-order valence-corrected chi connectivity index (χ2v) is 5.52. The van der Waals surface area contributed by atoms with E-state index in [-0.39, 0.29) is 12.5 Å². The molecule has 0 spiro atoms. The van der Waals surface area contributed by atoms with Gasteiger partial charge in [0.15, 0.2) is 0 Å². The quantitative estimate of drug-likeness (QED) is 0.884. The molecule has 1 amide bonds. The van der Waals surface area contributed by atoms with E-state index >= 15 is 0 Å². The van der Waals surface area contributed by atoms with Crippen molar-refractivity contribution >= 4 is 17.2 Å². The fourth-order valence-electron chi connectivity index (χ4n) is 1.81. The number of amides is 1. The molecule has 2 aromatic rings. The maximum Gasteiger partial charge on any atom is 0.261 e. The van der Waals surface area contributed by atoms with Crippen LogP contribution in [0.2, 0.25) is 0 Å². The summed E-state index contributed by atoms with van der Waals surface area (Å²) in [6.45, 7) is 4.24. The molecule has 2 aromatic heterocycles. The van der Waals surface area contributed by atoms with Crippen molar-refractivity contribution in [3.05, 3.63) is 46.0 Å². The molecule has 0 saturated heterocycles. The Bertz CT molecular complexity index is 531. The number of hydrogen-bond donors (Lipinski definition) is 2. The van der Waals surface area contributed by atoms with Crippen LogP contribution in [0.3, 0.4) is 0 Å². The molecule has 0 bridgehead atoms. The van der Waals surface area contributed by atoms with Gasteiger partial charge in [-0.25, -0.2) is 0 Å². The number of aliphatic hydroxyl groups is 1. The van der Waals surface area contributed by atoms with Gasteiger partial charge >= 0.3 is 0 Å². The smallest absolute Gasteiger partial charge is 0.261 e. The molecule has 2 N–H and O–H groups in total. The Kier molecular flexibility index (Phi) is 4.39. The van der Waals surface area contributed by atoms with Crippen LogP contribution in [-0.4, -0.2) is 17.6 Å². The molecule has 102 valence electrons. The zero-order chi connectivity index (χ0) is 13.8. The van der Waals surface area contributed by atoms with E-state index in [1.54, 1.807) is 12.1 Å². The van der Waals surface area contributed by atoms with Gasteiger partial charge in [-0.05, 0) is 35.1 Å². The average Bonchev–Trinajstić information content (AvgIpc) is 3.04. The van der Waals surface area contributed by atoms with E-state index < -0.39 is 6.10 Å². The van der Waals surface area contributed by atoms with Crippen molar-refractivity contribution in [1.29, 1.82) is 0 Å². The molecule has 5 heteroatoms. The molecule has 2 rings (SSSR count). The maximum absolute atomic E-state index is 12.1. The first-order chi connectivity index (χ1) is 9.09. The van der Waals surface area contributed by atoms with Gasteiger partial charge in [-0.1, -0.05) is 13.8 Å². The fraction of sp³-hybridized carbons (Fsp3) is 0.357. The highest BCUT2D eigenvalue weighted by Crippen LogP contribution is 2.24. The minimum atomic E-state index is -0.818. The third-order valence-corrected chi connectivity index (χ3v) is 3.78. The first-order valence-electron chi connectivity index (χ1n) is 6.16. The van der Waals surface area contributed by atoms with Gasteiger partial charge in [-0.15, -0.1) is 11.3 Å². The van der Waals surface area contributed by atoms with Crippen LogP contribution in [-0.2, 0) is 0 Å². The summed E-state index contributed by atoms with van der Waals surface area (Å²) in [6, 6.07) is 5.35. The normalized spacial score (nSPS) is 12.6. The summed E-state index contributed by atoms with van der Waals surface area (Å²) in [4.78, 5) is 12.8. The molecule has 1 atom stereocenters. The third-order valence-electron chi connectivity index (χ3n) is 2.85. The topological polar surface area (TPSA) is 62.5 Å². The molecule has 4 nitrogen and oxygen atoms in total. The van der Waals surface area contributed by atoms with Crippen molar-refractivity contribution in [3.63, 3.8) is 0 Å². The molecule has 2 heterocycles. The van der Waals surface area contributed by atoms with E-state index in [9.17, 15) is 9.90 Å². The van der Waals surface area contributed by atoms with Gasteiger partial charge in [-0.3, -0.25) is 4.79 Å². The Morgan fingerprint density at radius 1 is 1.47 bits per heavy atom. The minimum Gasteiger partial charge on any atom is -0.467 e. The summed E-state index contributed by atoms with van der Waals surface area (Å²) in [5.74, 6) is 0.613. The zero-order valence-electron chi connectivity index (χ0n) is 10.9. The fourth-order valence-corrected chi connectivity index (χ4v) is 2.78. The van der Waals surface area contributed by atoms with Crippen molar-refractivity contribution in [1.82, 2.24) is 5.32 Å². The second kappa shape index (κ2) is 6.04. The Morgan fingerprint density at radius 3 is 2.89 bits per heavy atom. The van der Waals surface area contributed by atoms with E-state index in [4.69, 9.17) is 4.42 Å². The summed E-state index contributed by atoms with van der Waals surface area (Å²) < 4.78 is 5.08. The van der Waals surface area contributed by atoms with E-state index in [1.807, 2.05) is 11.4 Å². The summed E-state index contributed by atoms with van der Waals surface area (Å²) in [7, 11) is 0. The van der Waals surface area contributed by atoms with Crippen molar-refractivity contribution in [2.45, 2.75) is 25.9 Å². The molecule has 19 heavy (non-hydrogen) atoms. The molecule has 0 aromatic carbocycles. The number of carbonyl (C=O) groups excluding carboxylic acids is 1. The van der Waals surface area contributed by atoms with Crippen LogP contribution >= 0.6 is 11.3 Å². The largest absolute Gasteiger partial charge is 0.467 e. The summed E-state index contributed by atoms with van der Waals surface area (Å²) in [5.41, 5.74) is 1.04. The van der Waals surface area contributed by atoms with Crippen LogP contribution in [0.25, 0.3) is 0 Å². The summed E-state index contributed by atoms with van der Waals surface area (Å²) >= 11 is 1.42. The number of thiophene rings is 1. The third kappa shape index (κ3) is 3.24. The molecular formula is C14H17NO3S. The number of carbonyl (C=O) groups is 1. The molecule has 0 aliphatic rings. The molecular weight excluding hydrogens is 262 g/mol. The van der Waals surface area contributed by atoms with E-state index in [0.29, 0.717) is 16.6 Å². The van der Waals surface area contributed by atoms with Gasteiger partial charge < -0.3 is 14.8 Å². The highest BCUT2D eigenvalue weighted by Gasteiger charge is 2.17. The van der Waals surface area contributed by atoms with Crippen molar-refractivity contribution < 1.29 is 14.3 Å². The lowest BCUT2D eigenvalue weighted by molar-refractivity contribution is 0.0904. The lowest BCUT2D eigenvalue weighted by atomic mass is 10.0. The number of hydrogen-bond acceptors (Lipinski definition) is 4. The van der Waals surface area contributed by atoms with E-state index in [1.165, 1.54) is 17.6 Å². The predicted octanol–water partition coefficient (Wildman–Crippen LogP) is 2.93. The van der Waals surface area contributed by atoms with Crippen molar-refractivity contribution in [3.8, 4) is 0 Å². The number of rotatable bonds is 5. The second-order valence-electron chi connectivity index (χ2n) is 4.60. The predicted molar refractivity (Wildman–Crippen MR) is 74.4 cm³/mol. The van der Waals surface area contributed by atoms with Crippen LogP contribution < -0.4 is 5.32 Å². The van der Waals surface area contributed by atoms with E-state index in [0.717, 1.165) is 5.56 Å². The maximum atomic E-state index is 12.1. The van der Waals surface area contributed by atoms with Crippen LogP contribution in [0.4, 0.5) is 0 Å². The molecule has 1 unspecified atom stereocenters. The molecule has 0 radical (unpaired) electrons. The number of aliphatic hydroxyl groups excluding tert-OH is 1. The summed E-state index contributed by atoms with van der Waals surface area (Å²) in [6.07, 6.45) is 0.678. The van der Waals surface area contributed by atoms with Crippen LogP contribution in [0.15, 0.2) is 34.3 Å². The Hall–Kier alpha value is -1.59. The first kappa shape index (κ1) is 13.8. The van der Waals surface area contributed by atoms with Gasteiger partial charge in [0, 0.05) is 0 Å². The van der Waals surface area contributed by atoms with Gasteiger partial charge in [-0.2, -0.15) is 0 Å². The average molecular weight is 279 g/mol. The molecule has 0 aliphatic heterocycles. The van der Waals surface area contributed by atoms with Gasteiger partial charge in [0.1, 0.15) is 11.9 Å². The highest BCUT2D eigenvalue weighted by atomic mass is 32.1. The molecule has 0 fully saturated rings.